The van der Waals surface area contributed by atoms with Gasteiger partial charge in [-0.25, -0.2) is 4.98 Å². The Morgan fingerprint density at radius 1 is 1.14 bits per heavy atom. The van der Waals surface area contributed by atoms with Gasteiger partial charge in [-0.2, -0.15) is 9.50 Å². The number of aromatic amines is 1. The zero-order chi connectivity index (χ0) is 19.9. The number of fused-ring (bicyclic) bond motifs is 1. The Balaban J connectivity index is 0.00000240. The predicted molar refractivity (Wildman–Crippen MR) is 119 cm³/mol. The summed E-state index contributed by atoms with van der Waals surface area (Å²) < 4.78 is 1.43. The molecule has 6 nitrogen and oxygen atoms in total. The number of aromatic nitrogens is 4. The SMILES string of the molecule is CC1CCCCN1Cc1cc(=O)n2[nH]c(-c3ccc(C(C)(C)C)cc3)nc2n1.Cl. The minimum absolute atomic E-state index is 0. The van der Waals surface area contributed by atoms with Crippen molar-refractivity contribution >= 4 is 18.2 Å². The number of likely N-dealkylation sites (tertiary alicyclic amines) is 1. The second-order valence-electron chi connectivity index (χ2n) is 8.94. The molecule has 0 amide bonds. The van der Waals surface area contributed by atoms with E-state index >= 15 is 0 Å². The van der Waals surface area contributed by atoms with Crippen molar-refractivity contribution in [3.8, 4) is 11.4 Å². The molecule has 156 valence electrons. The average Bonchev–Trinajstić information content (AvgIpc) is 3.08. The molecular weight excluding hydrogens is 386 g/mol. The van der Waals surface area contributed by atoms with Gasteiger partial charge in [-0.05, 0) is 37.3 Å². The van der Waals surface area contributed by atoms with Gasteiger partial charge in [-0.3, -0.25) is 14.8 Å². The molecule has 1 fully saturated rings. The van der Waals surface area contributed by atoms with E-state index in [-0.39, 0.29) is 23.4 Å². The van der Waals surface area contributed by atoms with Crippen LogP contribution in [-0.2, 0) is 12.0 Å². The number of piperidine rings is 1. The Labute approximate surface area is 177 Å². The summed E-state index contributed by atoms with van der Waals surface area (Å²) in [6.07, 6.45) is 3.70. The molecule has 4 rings (SSSR count). The smallest absolute Gasteiger partial charge is 0.274 e. The van der Waals surface area contributed by atoms with Crippen LogP contribution in [-0.4, -0.2) is 37.1 Å². The average molecular weight is 416 g/mol. The predicted octanol–water partition coefficient (Wildman–Crippen LogP) is 4.18. The van der Waals surface area contributed by atoms with Gasteiger partial charge in [0.05, 0.1) is 5.69 Å². The molecule has 1 aliphatic rings. The molecule has 0 saturated carbocycles. The lowest BCUT2D eigenvalue weighted by Crippen LogP contribution is -2.37. The Morgan fingerprint density at radius 3 is 2.52 bits per heavy atom. The van der Waals surface area contributed by atoms with Crippen molar-refractivity contribution in [1.29, 1.82) is 0 Å². The third-order valence-electron chi connectivity index (χ3n) is 5.71. The normalized spacial score (nSPS) is 18.0. The molecule has 0 radical (unpaired) electrons. The first-order valence-electron chi connectivity index (χ1n) is 10.1. The van der Waals surface area contributed by atoms with E-state index in [1.165, 1.54) is 29.3 Å². The first-order valence-corrected chi connectivity index (χ1v) is 10.1. The first kappa shape index (κ1) is 21.5. The Bertz CT molecular complexity index is 1030. The Kier molecular flexibility index (Phi) is 6.15. The summed E-state index contributed by atoms with van der Waals surface area (Å²) in [6, 6.07) is 10.5. The van der Waals surface area contributed by atoms with Crippen molar-refractivity contribution in [1.82, 2.24) is 24.5 Å². The molecule has 3 aromatic rings. The van der Waals surface area contributed by atoms with Crippen LogP contribution in [0.4, 0.5) is 0 Å². The molecule has 1 aliphatic heterocycles. The quantitative estimate of drug-likeness (QED) is 0.696. The van der Waals surface area contributed by atoms with Gasteiger partial charge in [0.15, 0.2) is 5.82 Å². The van der Waals surface area contributed by atoms with Crippen LogP contribution in [0.1, 0.15) is 58.2 Å². The third kappa shape index (κ3) is 4.54. The monoisotopic (exact) mass is 415 g/mol. The van der Waals surface area contributed by atoms with Crippen molar-refractivity contribution in [2.24, 2.45) is 0 Å². The summed E-state index contributed by atoms with van der Waals surface area (Å²) in [5, 5.41) is 3.09. The number of halogens is 1. The van der Waals surface area contributed by atoms with Gasteiger partial charge in [-0.1, -0.05) is 51.5 Å². The number of nitrogens with one attached hydrogen (secondary N) is 1. The van der Waals surface area contributed by atoms with E-state index in [0.717, 1.165) is 17.8 Å². The highest BCUT2D eigenvalue weighted by molar-refractivity contribution is 5.85. The summed E-state index contributed by atoms with van der Waals surface area (Å²) >= 11 is 0. The number of rotatable bonds is 3. The summed E-state index contributed by atoms with van der Waals surface area (Å²) in [6.45, 7) is 10.6. The lowest BCUT2D eigenvalue weighted by Gasteiger charge is -2.32. The van der Waals surface area contributed by atoms with Gasteiger partial charge >= 0.3 is 0 Å². The summed E-state index contributed by atoms with van der Waals surface area (Å²) in [7, 11) is 0. The number of hydrogen-bond donors (Lipinski definition) is 1. The van der Waals surface area contributed by atoms with Gasteiger partial charge < -0.3 is 0 Å². The molecule has 3 heterocycles. The molecule has 0 spiro atoms. The molecule has 0 aliphatic carbocycles. The van der Waals surface area contributed by atoms with Crippen LogP contribution in [0.2, 0.25) is 0 Å². The van der Waals surface area contributed by atoms with Gasteiger partial charge in [0.1, 0.15) is 0 Å². The van der Waals surface area contributed by atoms with Gasteiger partial charge in [0, 0.05) is 24.2 Å². The fourth-order valence-electron chi connectivity index (χ4n) is 3.87. The maximum absolute atomic E-state index is 12.6. The maximum Gasteiger partial charge on any atom is 0.274 e. The van der Waals surface area contributed by atoms with Crippen LogP contribution in [0.3, 0.4) is 0 Å². The van der Waals surface area contributed by atoms with Crippen molar-refractivity contribution in [2.45, 2.75) is 65.0 Å². The highest BCUT2D eigenvalue weighted by Crippen LogP contribution is 2.25. The van der Waals surface area contributed by atoms with E-state index in [1.807, 2.05) is 12.1 Å². The molecule has 1 atom stereocenters. The van der Waals surface area contributed by atoms with Crippen LogP contribution >= 0.6 is 12.4 Å². The number of H-pyrrole nitrogens is 1. The van der Waals surface area contributed by atoms with E-state index in [0.29, 0.717) is 24.2 Å². The summed E-state index contributed by atoms with van der Waals surface area (Å²) in [5.41, 5.74) is 2.99. The number of benzene rings is 1. The standard InChI is InChI=1S/C22H29N5O.ClH/c1-15-7-5-6-12-26(15)14-18-13-19(28)27-21(23-18)24-20(25-27)16-8-10-17(11-9-16)22(2,3)4;/h8-11,13,15H,5-7,12,14H2,1-4H3,(H,23,24,25);1H. The zero-order valence-corrected chi connectivity index (χ0v) is 18.4. The van der Waals surface area contributed by atoms with Gasteiger partial charge in [0.2, 0.25) is 0 Å². The molecule has 1 unspecified atom stereocenters. The second kappa shape index (κ2) is 8.28. The summed E-state index contributed by atoms with van der Waals surface area (Å²) in [4.78, 5) is 24.2. The molecule has 1 aromatic carbocycles. The molecular formula is C22H30ClN5O. The zero-order valence-electron chi connectivity index (χ0n) is 17.6. The minimum atomic E-state index is -0.116. The molecule has 1 saturated heterocycles. The highest BCUT2D eigenvalue weighted by Gasteiger charge is 2.20. The van der Waals surface area contributed by atoms with Crippen molar-refractivity contribution in [2.75, 3.05) is 6.54 Å². The highest BCUT2D eigenvalue weighted by atomic mass is 35.5. The van der Waals surface area contributed by atoms with Crippen LogP contribution in [0.15, 0.2) is 35.1 Å². The second-order valence-corrected chi connectivity index (χ2v) is 8.94. The molecule has 1 N–H and O–H groups in total. The van der Waals surface area contributed by atoms with E-state index in [9.17, 15) is 4.79 Å². The molecule has 7 heteroatoms. The molecule has 2 aromatic heterocycles. The first-order chi connectivity index (χ1) is 13.3. The number of nitrogens with zero attached hydrogens (tertiary/aromatic N) is 4. The van der Waals surface area contributed by atoms with E-state index < -0.39 is 0 Å². The lowest BCUT2D eigenvalue weighted by molar-refractivity contribution is 0.151. The summed E-state index contributed by atoms with van der Waals surface area (Å²) in [5.74, 6) is 1.09. The largest absolute Gasteiger partial charge is 0.295 e. The van der Waals surface area contributed by atoms with Gasteiger partial charge in [-0.15, -0.1) is 12.4 Å². The lowest BCUT2D eigenvalue weighted by atomic mass is 9.87. The van der Waals surface area contributed by atoms with Crippen molar-refractivity contribution in [3.05, 3.63) is 51.9 Å². The minimum Gasteiger partial charge on any atom is -0.295 e. The fourth-order valence-corrected chi connectivity index (χ4v) is 3.87. The van der Waals surface area contributed by atoms with Crippen molar-refractivity contribution < 1.29 is 0 Å². The Hall–Kier alpha value is -2.18. The van der Waals surface area contributed by atoms with E-state index in [1.54, 1.807) is 6.07 Å². The van der Waals surface area contributed by atoms with E-state index in [2.05, 4.69) is 59.8 Å². The fraction of sp³-hybridized carbons (Fsp3) is 0.500. The molecule has 29 heavy (non-hydrogen) atoms. The van der Waals surface area contributed by atoms with Crippen LogP contribution in [0, 0.1) is 0 Å². The Morgan fingerprint density at radius 2 is 1.86 bits per heavy atom. The van der Waals surface area contributed by atoms with Crippen LogP contribution in [0.25, 0.3) is 17.2 Å². The van der Waals surface area contributed by atoms with Gasteiger partial charge in [0.25, 0.3) is 11.3 Å². The van der Waals surface area contributed by atoms with Crippen molar-refractivity contribution in [3.63, 3.8) is 0 Å². The number of hydrogen-bond acceptors (Lipinski definition) is 4. The molecule has 0 bridgehead atoms. The topological polar surface area (TPSA) is 66.3 Å². The van der Waals surface area contributed by atoms with E-state index in [4.69, 9.17) is 0 Å². The van der Waals surface area contributed by atoms with Crippen LogP contribution < -0.4 is 5.56 Å². The van der Waals surface area contributed by atoms with Crippen LogP contribution in [0.5, 0.6) is 0 Å². The maximum atomic E-state index is 12.6. The third-order valence-corrected chi connectivity index (χ3v) is 5.71.